The van der Waals surface area contributed by atoms with Crippen molar-refractivity contribution in [2.45, 2.75) is 69.9 Å². The third kappa shape index (κ3) is 2.43. The van der Waals surface area contributed by atoms with Gasteiger partial charge in [-0.1, -0.05) is 44.5 Å². The molecule has 3 unspecified atom stereocenters. The number of fused-ring (bicyclic) bond motifs is 1. The molecule has 1 saturated heterocycles. The normalized spacial score (nSPS) is 33.7. The van der Waals surface area contributed by atoms with Crippen LogP contribution in [0.15, 0.2) is 24.3 Å². The average molecular weight is 286 g/mol. The van der Waals surface area contributed by atoms with Gasteiger partial charge >= 0.3 is 0 Å². The van der Waals surface area contributed by atoms with Crippen molar-refractivity contribution in [3.05, 3.63) is 35.4 Å². The van der Waals surface area contributed by atoms with Crippen molar-refractivity contribution in [3.63, 3.8) is 0 Å². The van der Waals surface area contributed by atoms with Crippen molar-refractivity contribution >= 4 is 0 Å². The summed E-state index contributed by atoms with van der Waals surface area (Å²) in [6, 6.07) is 9.78. The summed E-state index contributed by atoms with van der Waals surface area (Å²) in [5, 5.41) is 0. The van der Waals surface area contributed by atoms with Crippen LogP contribution in [-0.2, 0) is 5.54 Å². The molecule has 1 fully saturated rings. The van der Waals surface area contributed by atoms with Crippen LogP contribution in [0.4, 0.5) is 0 Å². The topological polar surface area (TPSA) is 29.3 Å². The molecular formula is C19H30N2. The first kappa shape index (κ1) is 15.1. The Morgan fingerprint density at radius 1 is 1.24 bits per heavy atom. The van der Waals surface area contributed by atoms with Crippen molar-refractivity contribution < 1.29 is 0 Å². The minimum absolute atomic E-state index is 0.0875. The lowest BCUT2D eigenvalue weighted by atomic mass is 9.70. The van der Waals surface area contributed by atoms with E-state index in [2.05, 4.69) is 43.0 Å². The molecule has 1 aromatic rings. The number of likely N-dealkylation sites (tertiary alicyclic amines) is 1. The lowest BCUT2D eigenvalue weighted by Gasteiger charge is -2.53. The highest BCUT2D eigenvalue weighted by Crippen LogP contribution is 2.46. The van der Waals surface area contributed by atoms with Crippen LogP contribution in [0.1, 0.15) is 69.4 Å². The molecule has 2 N–H and O–H groups in total. The van der Waals surface area contributed by atoms with Gasteiger partial charge in [0.1, 0.15) is 0 Å². The summed E-state index contributed by atoms with van der Waals surface area (Å²) in [4.78, 5) is 2.78. The average Bonchev–Trinajstić information content (AvgIpc) is 2.56. The van der Waals surface area contributed by atoms with E-state index in [0.29, 0.717) is 12.0 Å². The number of hydrogen-bond donors (Lipinski definition) is 1. The van der Waals surface area contributed by atoms with Crippen LogP contribution in [0, 0.1) is 0 Å². The fraction of sp³-hybridized carbons (Fsp3) is 0.684. The van der Waals surface area contributed by atoms with Crippen LogP contribution in [0.2, 0.25) is 0 Å². The van der Waals surface area contributed by atoms with E-state index in [1.54, 1.807) is 0 Å². The van der Waals surface area contributed by atoms with Gasteiger partial charge in [-0.25, -0.2) is 0 Å². The van der Waals surface area contributed by atoms with Gasteiger partial charge < -0.3 is 5.73 Å². The van der Waals surface area contributed by atoms with E-state index in [0.717, 1.165) is 6.54 Å². The number of nitrogens with two attached hydrogens (primary N) is 1. The van der Waals surface area contributed by atoms with Crippen molar-refractivity contribution in [2.75, 3.05) is 13.1 Å². The Labute approximate surface area is 129 Å². The third-order valence-electron chi connectivity index (χ3n) is 5.97. The van der Waals surface area contributed by atoms with Gasteiger partial charge in [0.05, 0.1) is 5.54 Å². The monoisotopic (exact) mass is 286 g/mol. The van der Waals surface area contributed by atoms with Crippen molar-refractivity contribution in [2.24, 2.45) is 5.73 Å². The number of hydrogen-bond acceptors (Lipinski definition) is 2. The van der Waals surface area contributed by atoms with E-state index >= 15 is 0 Å². The maximum atomic E-state index is 6.40. The molecule has 2 aliphatic rings. The summed E-state index contributed by atoms with van der Waals surface area (Å²) in [7, 11) is 0. The molecule has 3 rings (SSSR count). The van der Waals surface area contributed by atoms with Crippen LogP contribution < -0.4 is 5.73 Å². The predicted octanol–water partition coefficient (Wildman–Crippen LogP) is 4.00. The Bertz CT molecular complexity index is 484. The Balaban J connectivity index is 2.06. The van der Waals surface area contributed by atoms with Crippen molar-refractivity contribution in [1.82, 2.24) is 4.90 Å². The number of nitrogens with zero attached hydrogens (tertiary/aromatic N) is 1. The fourth-order valence-corrected chi connectivity index (χ4v) is 4.71. The molecule has 0 radical (unpaired) electrons. The maximum absolute atomic E-state index is 6.40. The minimum Gasteiger partial charge on any atom is -0.328 e. The molecule has 0 amide bonds. The first-order valence-corrected chi connectivity index (χ1v) is 8.79. The highest BCUT2D eigenvalue weighted by atomic mass is 15.2. The number of piperidine rings is 1. The van der Waals surface area contributed by atoms with Gasteiger partial charge in [0.25, 0.3) is 0 Å². The predicted molar refractivity (Wildman–Crippen MR) is 89.5 cm³/mol. The molecule has 0 saturated carbocycles. The zero-order valence-corrected chi connectivity index (χ0v) is 13.6. The highest BCUT2D eigenvalue weighted by molar-refractivity contribution is 5.39. The van der Waals surface area contributed by atoms with Gasteiger partial charge in [-0.2, -0.15) is 0 Å². The van der Waals surface area contributed by atoms with Gasteiger partial charge in [0.15, 0.2) is 0 Å². The number of rotatable bonds is 3. The first-order chi connectivity index (χ1) is 10.2. The molecule has 2 nitrogen and oxygen atoms in total. The van der Waals surface area contributed by atoms with Crippen LogP contribution in [-0.4, -0.2) is 24.0 Å². The van der Waals surface area contributed by atoms with E-state index in [-0.39, 0.29) is 5.54 Å². The van der Waals surface area contributed by atoms with Crippen molar-refractivity contribution in [3.8, 4) is 0 Å². The molecule has 116 valence electrons. The summed E-state index contributed by atoms with van der Waals surface area (Å²) in [5.74, 6) is 0.672. The molecular weight excluding hydrogens is 256 g/mol. The minimum atomic E-state index is 0.0875. The SMILES string of the molecule is CCC1CCCCN1C1(CN)CCC(C)c2ccccc21. The lowest BCUT2D eigenvalue weighted by Crippen LogP contribution is -2.58. The largest absolute Gasteiger partial charge is 0.328 e. The molecule has 21 heavy (non-hydrogen) atoms. The van der Waals surface area contributed by atoms with Gasteiger partial charge in [0.2, 0.25) is 0 Å². The molecule has 0 spiro atoms. The van der Waals surface area contributed by atoms with E-state index in [1.165, 1.54) is 56.2 Å². The summed E-state index contributed by atoms with van der Waals surface area (Å²) in [6.07, 6.45) is 7.79. The van der Waals surface area contributed by atoms with Gasteiger partial charge in [-0.05, 0) is 55.7 Å². The van der Waals surface area contributed by atoms with Crippen molar-refractivity contribution in [1.29, 1.82) is 0 Å². The van der Waals surface area contributed by atoms with Gasteiger partial charge in [0, 0.05) is 12.6 Å². The lowest BCUT2D eigenvalue weighted by molar-refractivity contribution is 0.00326. The Hall–Kier alpha value is -0.860. The Kier molecular flexibility index (Phi) is 4.37. The van der Waals surface area contributed by atoms with Gasteiger partial charge in [-0.15, -0.1) is 0 Å². The van der Waals surface area contributed by atoms with Crippen LogP contribution in [0.3, 0.4) is 0 Å². The third-order valence-corrected chi connectivity index (χ3v) is 5.97. The molecule has 1 aliphatic heterocycles. The second-order valence-electron chi connectivity index (χ2n) is 7.01. The van der Waals surface area contributed by atoms with E-state index in [9.17, 15) is 0 Å². The van der Waals surface area contributed by atoms with Crippen LogP contribution >= 0.6 is 0 Å². The van der Waals surface area contributed by atoms with Crippen LogP contribution in [0.5, 0.6) is 0 Å². The summed E-state index contributed by atoms with van der Waals surface area (Å²) in [5.41, 5.74) is 9.55. The summed E-state index contributed by atoms with van der Waals surface area (Å²) in [6.45, 7) is 6.68. The zero-order chi connectivity index (χ0) is 14.9. The Morgan fingerprint density at radius 3 is 2.81 bits per heavy atom. The fourth-order valence-electron chi connectivity index (χ4n) is 4.71. The molecule has 1 aromatic carbocycles. The quantitative estimate of drug-likeness (QED) is 0.910. The highest BCUT2D eigenvalue weighted by Gasteiger charge is 2.44. The van der Waals surface area contributed by atoms with E-state index < -0.39 is 0 Å². The zero-order valence-electron chi connectivity index (χ0n) is 13.6. The summed E-state index contributed by atoms with van der Waals surface area (Å²) < 4.78 is 0. The second-order valence-corrected chi connectivity index (χ2v) is 7.01. The molecule has 0 bridgehead atoms. The standard InChI is InChI=1S/C19H30N2/c1-3-16-8-6-7-13-21(16)19(14-20)12-11-15(2)17-9-4-5-10-18(17)19/h4-5,9-10,15-16H,3,6-8,11-14,20H2,1-2H3. The molecule has 1 aliphatic carbocycles. The number of benzene rings is 1. The molecule has 2 heteroatoms. The molecule has 0 aromatic heterocycles. The molecule has 1 heterocycles. The van der Waals surface area contributed by atoms with Crippen LogP contribution in [0.25, 0.3) is 0 Å². The first-order valence-electron chi connectivity index (χ1n) is 8.79. The van der Waals surface area contributed by atoms with E-state index in [1.807, 2.05) is 0 Å². The summed E-state index contributed by atoms with van der Waals surface area (Å²) >= 11 is 0. The molecule has 3 atom stereocenters. The maximum Gasteiger partial charge on any atom is 0.0589 e. The Morgan fingerprint density at radius 2 is 2.05 bits per heavy atom. The smallest absolute Gasteiger partial charge is 0.0589 e. The van der Waals surface area contributed by atoms with Gasteiger partial charge in [-0.3, -0.25) is 4.90 Å². The second kappa shape index (κ2) is 6.10. The van der Waals surface area contributed by atoms with E-state index in [4.69, 9.17) is 5.73 Å².